The van der Waals surface area contributed by atoms with Crippen molar-refractivity contribution >= 4 is 5.91 Å². The third-order valence-corrected chi connectivity index (χ3v) is 2.96. The van der Waals surface area contributed by atoms with Gasteiger partial charge in [-0.1, -0.05) is 0 Å². The third kappa shape index (κ3) is 3.23. The van der Waals surface area contributed by atoms with Crippen LogP contribution in [0, 0.1) is 6.92 Å². The molecule has 2 heterocycles. The van der Waals surface area contributed by atoms with Crippen LogP contribution in [0.25, 0.3) is 0 Å². The van der Waals surface area contributed by atoms with Crippen LogP contribution in [0.3, 0.4) is 0 Å². The molecule has 2 aromatic rings. The molecule has 6 nitrogen and oxygen atoms in total. The van der Waals surface area contributed by atoms with Gasteiger partial charge in [0.25, 0.3) is 5.91 Å². The molecule has 0 unspecified atom stereocenters. The molecule has 0 atom stereocenters. The maximum Gasteiger partial charge on any atom is 0.435 e. The molecule has 0 bridgehead atoms. The Labute approximate surface area is 118 Å². The molecule has 0 aromatic carbocycles. The molecule has 0 aliphatic carbocycles. The van der Waals surface area contributed by atoms with E-state index >= 15 is 0 Å². The molecular formula is C12H14F3N5O. The van der Waals surface area contributed by atoms with E-state index < -0.39 is 17.8 Å². The largest absolute Gasteiger partial charge is 0.435 e. The van der Waals surface area contributed by atoms with E-state index in [2.05, 4.69) is 15.5 Å². The Bertz CT molecular complexity index is 671. The van der Waals surface area contributed by atoms with Crippen molar-refractivity contribution in [3.8, 4) is 0 Å². The molecule has 2 rings (SSSR count). The van der Waals surface area contributed by atoms with Crippen molar-refractivity contribution in [3.05, 3.63) is 34.9 Å². The number of hydrogen-bond donors (Lipinski definition) is 1. The first-order chi connectivity index (χ1) is 9.68. The van der Waals surface area contributed by atoms with Crippen LogP contribution in [0.15, 0.2) is 12.3 Å². The van der Waals surface area contributed by atoms with Crippen LogP contribution in [0.4, 0.5) is 13.2 Å². The van der Waals surface area contributed by atoms with Crippen molar-refractivity contribution in [3.63, 3.8) is 0 Å². The fourth-order valence-corrected chi connectivity index (χ4v) is 1.91. The number of amides is 1. The lowest BCUT2D eigenvalue weighted by Crippen LogP contribution is -2.25. The van der Waals surface area contributed by atoms with Crippen LogP contribution < -0.4 is 5.32 Å². The first kappa shape index (κ1) is 15.1. The molecule has 0 radical (unpaired) electrons. The maximum absolute atomic E-state index is 12.5. The van der Waals surface area contributed by atoms with Gasteiger partial charge < -0.3 is 5.32 Å². The highest BCUT2D eigenvalue weighted by Gasteiger charge is 2.35. The number of nitrogens with one attached hydrogen (secondary N) is 1. The molecule has 0 saturated carbocycles. The second kappa shape index (κ2) is 5.23. The van der Waals surface area contributed by atoms with Gasteiger partial charge in [0, 0.05) is 38.5 Å². The minimum Gasteiger partial charge on any atom is -0.347 e. The van der Waals surface area contributed by atoms with Gasteiger partial charge in [-0.25, -0.2) is 0 Å². The molecule has 21 heavy (non-hydrogen) atoms. The van der Waals surface area contributed by atoms with Crippen molar-refractivity contribution < 1.29 is 18.0 Å². The summed E-state index contributed by atoms with van der Waals surface area (Å²) in [7, 11) is 3.04. The highest BCUT2D eigenvalue weighted by Crippen LogP contribution is 2.28. The number of carbonyl (C=O) groups excluding carboxylic acids is 1. The second-order valence-corrected chi connectivity index (χ2v) is 4.63. The van der Waals surface area contributed by atoms with E-state index in [0.29, 0.717) is 0 Å². The fraction of sp³-hybridized carbons (Fsp3) is 0.417. The standard InChI is InChI=1S/C12H14F3N5O/c1-7-8(6-19(2)17-7)5-16-11(21)9-4-10(12(13,14)15)18-20(9)3/h4,6H,5H2,1-3H3,(H,16,21). The quantitative estimate of drug-likeness (QED) is 0.932. The Morgan fingerprint density at radius 3 is 2.48 bits per heavy atom. The first-order valence-electron chi connectivity index (χ1n) is 6.07. The molecule has 114 valence electrons. The van der Waals surface area contributed by atoms with Gasteiger partial charge in [0.2, 0.25) is 0 Å². The van der Waals surface area contributed by atoms with Crippen LogP contribution in [0.5, 0.6) is 0 Å². The second-order valence-electron chi connectivity index (χ2n) is 4.63. The zero-order valence-electron chi connectivity index (χ0n) is 11.7. The van der Waals surface area contributed by atoms with E-state index in [-0.39, 0.29) is 12.2 Å². The summed E-state index contributed by atoms with van der Waals surface area (Å²) in [6.07, 6.45) is -2.84. The predicted molar refractivity (Wildman–Crippen MR) is 67.3 cm³/mol. The molecule has 0 fully saturated rings. The summed E-state index contributed by atoms with van der Waals surface area (Å²) in [6.45, 7) is 1.97. The molecule has 0 aliphatic heterocycles. The van der Waals surface area contributed by atoms with Crippen LogP contribution in [0.1, 0.15) is 27.4 Å². The average Bonchev–Trinajstić information content (AvgIpc) is 2.89. The maximum atomic E-state index is 12.5. The number of aromatic nitrogens is 4. The summed E-state index contributed by atoms with van der Waals surface area (Å²) in [4.78, 5) is 11.9. The topological polar surface area (TPSA) is 64.7 Å². The number of nitrogens with zero attached hydrogens (tertiary/aromatic N) is 4. The van der Waals surface area contributed by atoms with E-state index in [0.717, 1.165) is 22.0 Å². The van der Waals surface area contributed by atoms with Crippen LogP contribution in [-0.4, -0.2) is 25.5 Å². The van der Waals surface area contributed by atoms with Crippen molar-refractivity contribution in [2.45, 2.75) is 19.6 Å². The Morgan fingerprint density at radius 1 is 1.33 bits per heavy atom. The van der Waals surface area contributed by atoms with Gasteiger partial charge in [-0.3, -0.25) is 14.2 Å². The van der Waals surface area contributed by atoms with Crippen molar-refractivity contribution in [2.24, 2.45) is 14.1 Å². The first-order valence-corrected chi connectivity index (χ1v) is 6.07. The van der Waals surface area contributed by atoms with Gasteiger partial charge >= 0.3 is 6.18 Å². The molecular weight excluding hydrogens is 287 g/mol. The van der Waals surface area contributed by atoms with Gasteiger partial charge in [0.15, 0.2) is 5.69 Å². The van der Waals surface area contributed by atoms with Gasteiger partial charge in [-0.2, -0.15) is 23.4 Å². The van der Waals surface area contributed by atoms with Crippen LogP contribution in [0.2, 0.25) is 0 Å². The predicted octanol–water partition coefficient (Wildman–Crippen LogP) is 1.41. The highest BCUT2D eigenvalue weighted by atomic mass is 19.4. The van der Waals surface area contributed by atoms with Gasteiger partial charge in [0.1, 0.15) is 5.69 Å². The van der Waals surface area contributed by atoms with E-state index in [1.54, 1.807) is 24.9 Å². The van der Waals surface area contributed by atoms with Crippen molar-refractivity contribution in [2.75, 3.05) is 0 Å². The van der Waals surface area contributed by atoms with Gasteiger partial charge in [0.05, 0.1) is 5.69 Å². The smallest absolute Gasteiger partial charge is 0.347 e. The number of rotatable bonds is 3. The van der Waals surface area contributed by atoms with Gasteiger partial charge in [-0.15, -0.1) is 0 Å². The van der Waals surface area contributed by atoms with Crippen molar-refractivity contribution in [1.82, 2.24) is 24.9 Å². The molecule has 1 N–H and O–H groups in total. The molecule has 9 heteroatoms. The van der Waals surface area contributed by atoms with Gasteiger partial charge in [-0.05, 0) is 6.92 Å². The Morgan fingerprint density at radius 2 is 2.00 bits per heavy atom. The summed E-state index contributed by atoms with van der Waals surface area (Å²) in [5.74, 6) is -0.622. The highest BCUT2D eigenvalue weighted by molar-refractivity contribution is 5.92. The Balaban J connectivity index is 2.10. The summed E-state index contributed by atoms with van der Waals surface area (Å²) < 4.78 is 40.1. The molecule has 1 amide bonds. The van der Waals surface area contributed by atoms with Crippen LogP contribution >= 0.6 is 0 Å². The van der Waals surface area contributed by atoms with E-state index in [1.807, 2.05) is 0 Å². The zero-order valence-corrected chi connectivity index (χ0v) is 11.7. The third-order valence-electron chi connectivity index (χ3n) is 2.96. The van der Waals surface area contributed by atoms with Crippen molar-refractivity contribution in [1.29, 1.82) is 0 Å². The van der Waals surface area contributed by atoms with E-state index in [4.69, 9.17) is 0 Å². The lowest BCUT2D eigenvalue weighted by molar-refractivity contribution is -0.141. The average molecular weight is 301 g/mol. The number of carbonyl (C=O) groups is 1. The number of aryl methyl sites for hydroxylation is 3. The monoisotopic (exact) mass is 301 g/mol. The lowest BCUT2D eigenvalue weighted by Gasteiger charge is -2.04. The number of hydrogen-bond acceptors (Lipinski definition) is 3. The van der Waals surface area contributed by atoms with E-state index in [9.17, 15) is 18.0 Å². The fourth-order valence-electron chi connectivity index (χ4n) is 1.91. The summed E-state index contributed by atoms with van der Waals surface area (Å²) in [5, 5.41) is 9.96. The summed E-state index contributed by atoms with van der Waals surface area (Å²) in [6, 6.07) is 0.728. The van der Waals surface area contributed by atoms with Crippen LogP contribution in [-0.2, 0) is 26.8 Å². The Hall–Kier alpha value is -2.32. The number of alkyl halides is 3. The molecule has 0 aliphatic rings. The minimum absolute atomic E-state index is 0.149. The Kier molecular flexibility index (Phi) is 3.75. The molecule has 0 spiro atoms. The zero-order chi connectivity index (χ0) is 15.8. The normalized spacial score (nSPS) is 11.7. The van der Waals surface area contributed by atoms with E-state index in [1.165, 1.54) is 7.05 Å². The SMILES string of the molecule is Cc1nn(C)cc1CNC(=O)c1cc(C(F)(F)F)nn1C. The molecule has 0 saturated heterocycles. The molecule has 2 aromatic heterocycles. The summed E-state index contributed by atoms with van der Waals surface area (Å²) in [5.41, 5.74) is 0.305. The number of halogens is 3. The minimum atomic E-state index is -4.57. The summed E-state index contributed by atoms with van der Waals surface area (Å²) >= 11 is 0. The lowest BCUT2D eigenvalue weighted by atomic mass is 10.2.